The molecular weight excluding hydrogens is 906 g/mol. The van der Waals surface area contributed by atoms with E-state index >= 15 is 0 Å². The lowest BCUT2D eigenvalue weighted by atomic mass is 10.0. The molecule has 9 nitrogen and oxygen atoms in total. The minimum atomic E-state index is -4.63. The number of esters is 2. The number of allylic oxidation sites excluding steroid dienone is 6. The van der Waals surface area contributed by atoms with E-state index in [9.17, 15) is 19.0 Å². The lowest BCUT2D eigenvalue weighted by molar-refractivity contribution is -0.870. The van der Waals surface area contributed by atoms with Gasteiger partial charge < -0.3 is 27.9 Å². The predicted molar refractivity (Wildman–Crippen MR) is 301 cm³/mol. The molecule has 2 atom stereocenters. The lowest BCUT2D eigenvalue weighted by Gasteiger charge is -2.28. The summed E-state index contributed by atoms with van der Waals surface area (Å²) in [6.45, 7) is 4.27. The van der Waals surface area contributed by atoms with Crippen LogP contribution in [-0.2, 0) is 32.7 Å². The summed E-state index contributed by atoms with van der Waals surface area (Å²) in [4.78, 5) is 37.9. The van der Waals surface area contributed by atoms with Gasteiger partial charge in [-0.3, -0.25) is 14.2 Å². The molecule has 0 aliphatic carbocycles. The molecule has 0 spiro atoms. The Morgan fingerprint density at radius 3 is 1.13 bits per heavy atom. The molecule has 0 saturated heterocycles. The number of nitrogens with zero attached hydrogens (tertiary/aromatic N) is 1. The predicted octanol–water partition coefficient (Wildman–Crippen LogP) is 18.1. The first-order valence-corrected chi connectivity index (χ1v) is 31.7. The minimum Gasteiger partial charge on any atom is -0.756 e. The zero-order chi connectivity index (χ0) is 52.0. The van der Waals surface area contributed by atoms with Crippen molar-refractivity contribution in [2.45, 2.75) is 296 Å². The number of likely N-dealkylation sites (N-methyl/N-ethyl adjacent to an activating group) is 1. The molecule has 0 saturated carbocycles. The summed E-state index contributed by atoms with van der Waals surface area (Å²) in [6.07, 6.45) is 64.8. The van der Waals surface area contributed by atoms with E-state index in [2.05, 4.69) is 50.3 Å². The van der Waals surface area contributed by atoms with Crippen LogP contribution >= 0.6 is 7.82 Å². The number of unbranched alkanes of at least 4 members (excludes halogenated alkanes) is 36. The van der Waals surface area contributed by atoms with E-state index in [1.165, 1.54) is 205 Å². The van der Waals surface area contributed by atoms with E-state index in [-0.39, 0.29) is 32.0 Å². The highest BCUT2D eigenvalue weighted by Gasteiger charge is 2.22. The van der Waals surface area contributed by atoms with Crippen molar-refractivity contribution in [2.75, 3.05) is 47.5 Å². The van der Waals surface area contributed by atoms with Crippen LogP contribution in [0.15, 0.2) is 36.5 Å². The van der Waals surface area contributed by atoms with Crippen LogP contribution in [0.25, 0.3) is 0 Å². The summed E-state index contributed by atoms with van der Waals surface area (Å²) in [5.41, 5.74) is 0. The molecule has 0 heterocycles. The van der Waals surface area contributed by atoms with Gasteiger partial charge in [0.25, 0.3) is 7.82 Å². The molecule has 2 unspecified atom stereocenters. The quantitative estimate of drug-likeness (QED) is 0.0195. The van der Waals surface area contributed by atoms with Gasteiger partial charge in [-0.05, 0) is 51.4 Å². The first-order valence-electron chi connectivity index (χ1n) is 30.2. The van der Waals surface area contributed by atoms with Crippen molar-refractivity contribution in [1.29, 1.82) is 0 Å². The number of hydrogen-bond acceptors (Lipinski definition) is 8. The fraction of sp³-hybridized carbons (Fsp3) is 0.869. The minimum absolute atomic E-state index is 0.0288. The van der Waals surface area contributed by atoms with E-state index in [1.807, 2.05) is 21.1 Å². The van der Waals surface area contributed by atoms with Crippen molar-refractivity contribution >= 4 is 19.8 Å². The highest BCUT2D eigenvalue weighted by atomic mass is 31.2. The number of ether oxygens (including phenoxy) is 2. The molecular formula is C61H116NO8P. The number of hydrogen-bond donors (Lipinski definition) is 0. The number of phosphoric ester groups is 1. The molecule has 0 fully saturated rings. The summed E-state index contributed by atoms with van der Waals surface area (Å²) in [6, 6.07) is 0. The number of rotatable bonds is 56. The highest BCUT2D eigenvalue weighted by molar-refractivity contribution is 7.45. The van der Waals surface area contributed by atoms with Gasteiger partial charge in [0, 0.05) is 12.8 Å². The molecule has 418 valence electrons. The highest BCUT2D eigenvalue weighted by Crippen LogP contribution is 2.38. The van der Waals surface area contributed by atoms with E-state index in [1.54, 1.807) is 0 Å². The summed E-state index contributed by atoms with van der Waals surface area (Å²) >= 11 is 0. The summed E-state index contributed by atoms with van der Waals surface area (Å²) in [5.74, 6) is -0.819. The van der Waals surface area contributed by atoms with Gasteiger partial charge in [-0.25, -0.2) is 0 Å². The number of phosphoric acid groups is 1. The molecule has 0 aromatic heterocycles. The van der Waals surface area contributed by atoms with Crippen LogP contribution in [0.3, 0.4) is 0 Å². The fourth-order valence-corrected chi connectivity index (χ4v) is 9.45. The Bertz CT molecular complexity index is 1300. The van der Waals surface area contributed by atoms with Gasteiger partial charge in [0.2, 0.25) is 0 Å². The second-order valence-electron chi connectivity index (χ2n) is 21.7. The first-order chi connectivity index (χ1) is 34.5. The molecule has 0 aliphatic rings. The number of quaternary nitrogens is 1. The molecule has 0 aliphatic heterocycles. The van der Waals surface area contributed by atoms with Gasteiger partial charge in [-0.2, -0.15) is 0 Å². The van der Waals surface area contributed by atoms with Crippen LogP contribution in [0.4, 0.5) is 0 Å². The molecule has 0 bridgehead atoms. The fourth-order valence-electron chi connectivity index (χ4n) is 8.72. The van der Waals surface area contributed by atoms with Gasteiger partial charge in [0.05, 0.1) is 27.7 Å². The maximum Gasteiger partial charge on any atom is 0.306 e. The third-order valence-electron chi connectivity index (χ3n) is 13.4. The van der Waals surface area contributed by atoms with Crippen LogP contribution in [0.2, 0.25) is 0 Å². The standard InChI is InChI=1S/C61H116NO8P/c1-6-8-10-12-14-16-18-20-22-24-26-27-28-29-30-31-32-33-34-35-36-38-40-42-44-46-48-50-52-54-61(64)70-59(58-69-71(65,66)68-56-55-62(3,4)5)57-67-60(63)53-51-49-47-45-43-41-39-37-25-23-21-19-17-15-13-11-9-7-2/h18,20,24,26,28-29,59H,6-17,19,21-23,25,27,30-58H2,1-5H3/b20-18-,26-24-,29-28-. The Kier molecular flexibility index (Phi) is 51.7. The van der Waals surface area contributed by atoms with Crippen molar-refractivity contribution in [1.82, 2.24) is 0 Å². The van der Waals surface area contributed by atoms with Gasteiger partial charge in [-0.15, -0.1) is 0 Å². The van der Waals surface area contributed by atoms with Crippen LogP contribution < -0.4 is 4.89 Å². The van der Waals surface area contributed by atoms with Gasteiger partial charge >= 0.3 is 11.9 Å². The Balaban J connectivity index is 4.09. The monoisotopic (exact) mass is 1020 g/mol. The van der Waals surface area contributed by atoms with Crippen LogP contribution in [0.5, 0.6) is 0 Å². The second kappa shape index (κ2) is 53.1. The zero-order valence-electron chi connectivity index (χ0n) is 47.4. The molecule has 71 heavy (non-hydrogen) atoms. The summed E-state index contributed by atoms with van der Waals surface area (Å²) in [7, 11) is 1.18. The summed E-state index contributed by atoms with van der Waals surface area (Å²) < 4.78 is 34.2. The molecule has 0 rings (SSSR count). The average molecular weight is 1020 g/mol. The molecule has 0 amide bonds. The van der Waals surface area contributed by atoms with Crippen LogP contribution in [-0.4, -0.2) is 70.0 Å². The third kappa shape index (κ3) is 57.4. The van der Waals surface area contributed by atoms with Gasteiger partial charge in [0.1, 0.15) is 19.8 Å². The van der Waals surface area contributed by atoms with Gasteiger partial charge in [0.15, 0.2) is 6.10 Å². The van der Waals surface area contributed by atoms with E-state index < -0.39 is 26.5 Å². The third-order valence-corrected chi connectivity index (χ3v) is 14.4. The molecule has 0 radical (unpaired) electrons. The normalized spacial score (nSPS) is 13.5. The van der Waals surface area contributed by atoms with E-state index in [4.69, 9.17) is 18.5 Å². The van der Waals surface area contributed by atoms with Crippen molar-refractivity contribution < 1.29 is 42.1 Å². The Hall–Kier alpha value is -1.77. The largest absolute Gasteiger partial charge is 0.756 e. The molecule has 0 N–H and O–H groups in total. The maximum atomic E-state index is 12.8. The van der Waals surface area contributed by atoms with Crippen molar-refractivity contribution in [3.63, 3.8) is 0 Å². The average Bonchev–Trinajstić information content (AvgIpc) is 3.33. The van der Waals surface area contributed by atoms with Crippen molar-refractivity contribution in [3.05, 3.63) is 36.5 Å². The zero-order valence-corrected chi connectivity index (χ0v) is 48.3. The smallest absolute Gasteiger partial charge is 0.306 e. The molecule has 10 heteroatoms. The van der Waals surface area contributed by atoms with Crippen molar-refractivity contribution in [2.24, 2.45) is 0 Å². The van der Waals surface area contributed by atoms with Crippen LogP contribution in [0.1, 0.15) is 290 Å². The summed E-state index contributed by atoms with van der Waals surface area (Å²) in [5, 5.41) is 0. The van der Waals surface area contributed by atoms with E-state index in [0.29, 0.717) is 17.4 Å². The Morgan fingerprint density at radius 2 is 0.761 bits per heavy atom. The maximum absolute atomic E-state index is 12.8. The first kappa shape index (κ1) is 69.2. The van der Waals surface area contributed by atoms with E-state index in [0.717, 1.165) is 51.4 Å². The Labute approximate surface area is 440 Å². The second-order valence-corrected chi connectivity index (χ2v) is 23.1. The topological polar surface area (TPSA) is 111 Å². The van der Waals surface area contributed by atoms with Gasteiger partial charge in [-0.1, -0.05) is 262 Å². The molecule has 0 aromatic carbocycles. The van der Waals surface area contributed by atoms with Crippen molar-refractivity contribution in [3.8, 4) is 0 Å². The Morgan fingerprint density at radius 1 is 0.437 bits per heavy atom. The van der Waals surface area contributed by atoms with Crippen LogP contribution in [0, 0.1) is 0 Å². The number of carbonyl (C=O) groups is 2. The lowest BCUT2D eigenvalue weighted by Crippen LogP contribution is -2.37. The number of carbonyl (C=O) groups excluding carboxylic acids is 2. The SMILES string of the molecule is CCCCCCC/C=C\C/C=C\C/C=C\CCCCCCCCCCCCCCCCC(=O)OC(COC(=O)CCCCCCCCCCCCCCCCCCCC)COP(=O)([O-])OCC[N+](C)(C)C. The molecule has 0 aromatic rings.